The van der Waals surface area contributed by atoms with Crippen molar-refractivity contribution in [3.8, 4) is 0 Å². The molecule has 1 fully saturated rings. The maximum Gasteiger partial charge on any atom is 0.231 e. The van der Waals surface area contributed by atoms with Crippen molar-refractivity contribution in [2.24, 2.45) is 5.73 Å². The zero-order valence-corrected chi connectivity index (χ0v) is 16.5. The van der Waals surface area contributed by atoms with Gasteiger partial charge in [0.15, 0.2) is 0 Å². The van der Waals surface area contributed by atoms with Gasteiger partial charge in [0.1, 0.15) is 5.41 Å². The second-order valence-corrected chi connectivity index (χ2v) is 8.12. The molecule has 0 aromatic heterocycles. The third kappa shape index (κ3) is 4.15. The molecular formula is C20H29Cl2NO2. The molecule has 25 heavy (non-hydrogen) atoms. The standard InChI is InChI=1S/C20H29Cl2NO2/c1-2-3-4-8-13-20(18(23)24,19(25)11-6-5-7-12-19)15-9-10-16(21)17(22)14-15/h9-10,14,25H,2-8,11-13H2,1H3,(H2,23,24). The smallest absolute Gasteiger partial charge is 0.231 e. The zero-order chi connectivity index (χ0) is 18.5. The summed E-state index contributed by atoms with van der Waals surface area (Å²) in [6.07, 6.45) is 8.68. The number of carbonyl (C=O) groups excluding carboxylic acids is 1. The zero-order valence-electron chi connectivity index (χ0n) is 15.0. The molecule has 1 aliphatic carbocycles. The molecule has 0 aliphatic heterocycles. The first kappa shape index (κ1) is 20.5. The fourth-order valence-electron chi connectivity index (χ4n) is 4.28. The highest BCUT2D eigenvalue weighted by atomic mass is 35.5. The van der Waals surface area contributed by atoms with Crippen molar-refractivity contribution in [2.45, 2.75) is 82.1 Å². The number of benzene rings is 1. The van der Waals surface area contributed by atoms with Crippen molar-refractivity contribution in [3.05, 3.63) is 33.8 Å². The Kier molecular flexibility index (Phi) is 7.19. The Balaban J connectivity index is 2.49. The van der Waals surface area contributed by atoms with Gasteiger partial charge in [-0.15, -0.1) is 0 Å². The molecule has 1 unspecified atom stereocenters. The van der Waals surface area contributed by atoms with Gasteiger partial charge in [-0.05, 0) is 37.0 Å². The van der Waals surface area contributed by atoms with Crippen LogP contribution in [0.1, 0.15) is 76.7 Å². The van der Waals surface area contributed by atoms with Gasteiger partial charge in [0.25, 0.3) is 0 Å². The van der Waals surface area contributed by atoms with Crippen LogP contribution in [0, 0.1) is 0 Å². The van der Waals surface area contributed by atoms with Gasteiger partial charge in [-0.1, -0.05) is 81.1 Å². The van der Waals surface area contributed by atoms with E-state index in [1.54, 1.807) is 18.2 Å². The lowest BCUT2D eigenvalue weighted by atomic mass is 9.59. The first-order valence-electron chi connectivity index (χ1n) is 9.35. The first-order valence-corrected chi connectivity index (χ1v) is 10.1. The molecule has 1 atom stereocenters. The fourth-order valence-corrected chi connectivity index (χ4v) is 4.58. The van der Waals surface area contributed by atoms with E-state index < -0.39 is 16.9 Å². The van der Waals surface area contributed by atoms with E-state index in [4.69, 9.17) is 28.9 Å². The van der Waals surface area contributed by atoms with Gasteiger partial charge in [0, 0.05) is 0 Å². The SMILES string of the molecule is CCCCCCC(C(N)=O)(c1ccc(Cl)c(Cl)c1)C1(O)CCCCC1. The van der Waals surface area contributed by atoms with Crippen LogP contribution in [0.3, 0.4) is 0 Å². The van der Waals surface area contributed by atoms with E-state index in [-0.39, 0.29) is 0 Å². The molecule has 140 valence electrons. The van der Waals surface area contributed by atoms with Crippen LogP contribution in [0.25, 0.3) is 0 Å². The molecule has 0 saturated heterocycles. The number of hydrogen-bond acceptors (Lipinski definition) is 2. The summed E-state index contributed by atoms with van der Waals surface area (Å²) in [4.78, 5) is 12.8. The molecule has 1 aliphatic rings. The van der Waals surface area contributed by atoms with Crippen LogP contribution in [0.5, 0.6) is 0 Å². The Morgan fingerprint density at radius 2 is 1.84 bits per heavy atom. The van der Waals surface area contributed by atoms with E-state index in [0.717, 1.165) is 44.9 Å². The Morgan fingerprint density at radius 3 is 2.40 bits per heavy atom. The van der Waals surface area contributed by atoms with Gasteiger partial charge in [0.2, 0.25) is 5.91 Å². The minimum Gasteiger partial charge on any atom is -0.388 e. The molecule has 3 nitrogen and oxygen atoms in total. The summed E-state index contributed by atoms with van der Waals surface area (Å²) in [6.45, 7) is 2.15. The molecule has 0 bridgehead atoms. The molecule has 5 heteroatoms. The van der Waals surface area contributed by atoms with Crippen molar-refractivity contribution in [1.82, 2.24) is 0 Å². The summed E-state index contributed by atoms with van der Waals surface area (Å²) in [5.41, 5.74) is 4.40. The van der Waals surface area contributed by atoms with Crippen molar-refractivity contribution in [3.63, 3.8) is 0 Å². The van der Waals surface area contributed by atoms with Gasteiger partial charge < -0.3 is 10.8 Å². The maximum absolute atomic E-state index is 12.8. The highest BCUT2D eigenvalue weighted by Gasteiger charge is 2.55. The summed E-state index contributed by atoms with van der Waals surface area (Å²) in [7, 11) is 0. The number of amides is 1. The Hall–Kier alpha value is -0.770. The highest BCUT2D eigenvalue weighted by molar-refractivity contribution is 6.42. The third-order valence-corrected chi connectivity index (χ3v) is 6.45. The van der Waals surface area contributed by atoms with Gasteiger partial charge in [0.05, 0.1) is 15.6 Å². The number of carbonyl (C=O) groups is 1. The first-order chi connectivity index (χ1) is 11.9. The molecular weight excluding hydrogens is 357 g/mol. The molecule has 1 saturated carbocycles. The predicted octanol–water partition coefficient (Wildman–Crippen LogP) is 5.38. The van der Waals surface area contributed by atoms with E-state index in [9.17, 15) is 9.90 Å². The number of unbranched alkanes of at least 4 members (excludes halogenated alkanes) is 3. The lowest BCUT2D eigenvalue weighted by Gasteiger charge is -2.48. The van der Waals surface area contributed by atoms with Crippen molar-refractivity contribution >= 4 is 29.1 Å². The Labute approximate surface area is 160 Å². The normalized spacial score (nSPS) is 19.4. The quantitative estimate of drug-likeness (QED) is 0.589. The van der Waals surface area contributed by atoms with Crippen molar-refractivity contribution in [1.29, 1.82) is 0 Å². The summed E-state index contributed by atoms with van der Waals surface area (Å²) < 4.78 is 0. The average Bonchev–Trinajstić information content (AvgIpc) is 2.58. The maximum atomic E-state index is 12.8. The van der Waals surface area contributed by atoms with Gasteiger partial charge in [-0.25, -0.2) is 0 Å². The van der Waals surface area contributed by atoms with E-state index in [1.165, 1.54) is 0 Å². The number of halogens is 2. The topological polar surface area (TPSA) is 63.3 Å². The van der Waals surface area contributed by atoms with Crippen LogP contribution < -0.4 is 5.73 Å². The van der Waals surface area contributed by atoms with Crippen molar-refractivity contribution in [2.75, 3.05) is 0 Å². The van der Waals surface area contributed by atoms with Crippen LogP contribution in [0.2, 0.25) is 10.0 Å². The van der Waals surface area contributed by atoms with Crippen LogP contribution in [-0.2, 0) is 10.2 Å². The Bertz CT molecular complexity index is 599. The second-order valence-electron chi connectivity index (χ2n) is 7.30. The molecule has 1 aromatic carbocycles. The summed E-state index contributed by atoms with van der Waals surface area (Å²) >= 11 is 12.3. The lowest BCUT2D eigenvalue weighted by molar-refractivity contribution is -0.141. The molecule has 0 radical (unpaired) electrons. The highest BCUT2D eigenvalue weighted by Crippen LogP contribution is 2.48. The minimum atomic E-state index is -1.12. The van der Waals surface area contributed by atoms with Gasteiger partial charge in [-0.3, -0.25) is 4.79 Å². The number of nitrogens with two attached hydrogens (primary N) is 1. The van der Waals surface area contributed by atoms with Crippen LogP contribution in [0.4, 0.5) is 0 Å². The molecule has 2 rings (SSSR count). The fraction of sp³-hybridized carbons (Fsp3) is 0.650. The molecule has 0 spiro atoms. The monoisotopic (exact) mass is 385 g/mol. The molecule has 1 aromatic rings. The van der Waals surface area contributed by atoms with E-state index in [2.05, 4.69) is 6.92 Å². The van der Waals surface area contributed by atoms with Crippen LogP contribution in [0.15, 0.2) is 18.2 Å². The Morgan fingerprint density at radius 1 is 1.16 bits per heavy atom. The lowest BCUT2D eigenvalue weighted by Crippen LogP contribution is -2.60. The van der Waals surface area contributed by atoms with E-state index in [1.807, 2.05) is 0 Å². The number of rotatable bonds is 8. The van der Waals surface area contributed by atoms with Crippen LogP contribution in [-0.4, -0.2) is 16.6 Å². The van der Waals surface area contributed by atoms with Gasteiger partial charge >= 0.3 is 0 Å². The average molecular weight is 386 g/mol. The molecule has 3 N–H and O–H groups in total. The predicted molar refractivity (Wildman–Crippen MR) is 104 cm³/mol. The van der Waals surface area contributed by atoms with E-state index >= 15 is 0 Å². The van der Waals surface area contributed by atoms with Crippen LogP contribution >= 0.6 is 23.2 Å². The summed E-state index contributed by atoms with van der Waals surface area (Å²) in [6, 6.07) is 5.20. The largest absolute Gasteiger partial charge is 0.388 e. The minimum absolute atomic E-state index is 0.387. The number of hydrogen-bond donors (Lipinski definition) is 2. The number of aliphatic hydroxyl groups is 1. The molecule has 1 amide bonds. The second kappa shape index (κ2) is 8.75. The summed E-state index contributed by atoms with van der Waals surface area (Å²) in [5, 5.41) is 12.4. The summed E-state index contributed by atoms with van der Waals surface area (Å²) in [5.74, 6) is -0.466. The molecule has 0 heterocycles. The van der Waals surface area contributed by atoms with Crippen molar-refractivity contribution < 1.29 is 9.90 Å². The van der Waals surface area contributed by atoms with E-state index in [0.29, 0.717) is 34.9 Å². The number of primary amides is 1. The van der Waals surface area contributed by atoms with Gasteiger partial charge in [-0.2, -0.15) is 0 Å². The third-order valence-electron chi connectivity index (χ3n) is 5.71.